The molecule has 0 amide bonds. The Hall–Kier alpha value is -1.32. The largest absolute Gasteiger partial charge is 0.464 e. The molecule has 3 heteroatoms. The molecule has 1 aromatic carbocycles. The van der Waals surface area contributed by atoms with E-state index in [2.05, 4.69) is 5.32 Å². The average molecular weight is 233 g/mol. The van der Waals surface area contributed by atoms with Gasteiger partial charge in [0.2, 0.25) is 0 Å². The van der Waals surface area contributed by atoms with Gasteiger partial charge in [0, 0.05) is 11.4 Å². The van der Waals surface area contributed by atoms with Gasteiger partial charge in [-0.25, -0.2) is 0 Å². The number of hydrogen-bond donors (Lipinski definition) is 2. The Bertz CT molecular complexity index is 506. The number of aliphatic hydroxyl groups is 1. The summed E-state index contributed by atoms with van der Waals surface area (Å²) in [4.78, 5) is 0. The SMILES string of the molecule is CCC(O)(c1ccc2occc2c1)C(C)NC. The van der Waals surface area contributed by atoms with Crippen molar-refractivity contribution < 1.29 is 9.52 Å². The van der Waals surface area contributed by atoms with Crippen molar-refractivity contribution in [2.45, 2.75) is 31.9 Å². The molecule has 0 aliphatic carbocycles. The summed E-state index contributed by atoms with van der Waals surface area (Å²) in [6.45, 7) is 3.98. The van der Waals surface area contributed by atoms with E-state index in [1.807, 2.05) is 45.2 Å². The standard InChI is InChI=1S/C14H19NO2/c1-4-14(16,10(2)15-3)12-5-6-13-11(9-12)7-8-17-13/h5-10,15-16H,4H2,1-3H3. The third-order valence-electron chi connectivity index (χ3n) is 3.64. The quantitative estimate of drug-likeness (QED) is 0.853. The number of rotatable bonds is 4. The van der Waals surface area contributed by atoms with Crippen LogP contribution >= 0.6 is 0 Å². The molecule has 2 aromatic rings. The highest BCUT2D eigenvalue weighted by molar-refractivity contribution is 5.78. The van der Waals surface area contributed by atoms with Gasteiger partial charge in [0.05, 0.1) is 6.26 Å². The Balaban J connectivity index is 2.48. The van der Waals surface area contributed by atoms with Crippen molar-refractivity contribution in [2.24, 2.45) is 0 Å². The summed E-state index contributed by atoms with van der Waals surface area (Å²) in [5, 5.41) is 14.9. The molecule has 2 rings (SSSR count). The molecule has 0 fully saturated rings. The highest BCUT2D eigenvalue weighted by Gasteiger charge is 2.33. The molecule has 2 atom stereocenters. The van der Waals surface area contributed by atoms with Crippen LogP contribution in [0.15, 0.2) is 34.9 Å². The number of nitrogens with one attached hydrogen (secondary N) is 1. The minimum atomic E-state index is -0.847. The topological polar surface area (TPSA) is 45.4 Å². The van der Waals surface area contributed by atoms with Crippen molar-refractivity contribution in [3.63, 3.8) is 0 Å². The van der Waals surface area contributed by atoms with E-state index in [0.29, 0.717) is 6.42 Å². The van der Waals surface area contributed by atoms with Gasteiger partial charge in [-0.3, -0.25) is 0 Å². The first-order valence-corrected chi connectivity index (χ1v) is 5.99. The maximum absolute atomic E-state index is 10.8. The fraction of sp³-hybridized carbons (Fsp3) is 0.429. The Morgan fingerprint density at radius 2 is 2.18 bits per heavy atom. The van der Waals surface area contributed by atoms with E-state index in [-0.39, 0.29) is 6.04 Å². The number of benzene rings is 1. The first-order chi connectivity index (χ1) is 8.11. The Labute approximate surface area is 101 Å². The molecule has 0 saturated carbocycles. The molecule has 17 heavy (non-hydrogen) atoms. The van der Waals surface area contributed by atoms with Gasteiger partial charge in [0.25, 0.3) is 0 Å². The Kier molecular flexibility index (Phi) is 3.22. The van der Waals surface area contributed by atoms with Crippen LogP contribution in [-0.4, -0.2) is 18.2 Å². The van der Waals surface area contributed by atoms with Gasteiger partial charge < -0.3 is 14.8 Å². The molecule has 0 aliphatic rings. The molecule has 1 heterocycles. The molecular weight excluding hydrogens is 214 g/mol. The highest BCUT2D eigenvalue weighted by Crippen LogP contribution is 2.31. The number of fused-ring (bicyclic) bond motifs is 1. The molecule has 0 saturated heterocycles. The lowest BCUT2D eigenvalue weighted by Crippen LogP contribution is -2.44. The second kappa shape index (κ2) is 4.51. The highest BCUT2D eigenvalue weighted by atomic mass is 16.3. The van der Waals surface area contributed by atoms with Gasteiger partial charge in [0.1, 0.15) is 11.2 Å². The zero-order valence-corrected chi connectivity index (χ0v) is 10.5. The van der Waals surface area contributed by atoms with Gasteiger partial charge >= 0.3 is 0 Å². The minimum absolute atomic E-state index is 0.00292. The van der Waals surface area contributed by atoms with Crippen LogP contribution < -0.4 is 5.32 Å². The van der Waals surface area contributed by atoms with E-state index in [9.17, 15) is 5.11 Å². The number of likely N-dealkylation sites (N-methyl/N-ethyl adjacent to an activating group) is 1. The summed E-state index contributed by atoms with van der Waals surface area (Å²) >= 11 is 0. The lowest BCUT2D eigenvalue weighted by atomic mass is 9.84. The molecule has 0 bridgehead atoms. The first kappa shape index (κ1) is 12.1. The first-order valence-electron chi connectivity index (χ1n) is 5.99. The number of furan rings is 1. The third-order valence-corrected chi connectivity index (χ3v) is 3.64. The zero-order valence-electron chi connectivity index (χ0n) is 10.5. The molecule has 0 spiro atoms. The smallest absolute Gasteiger partial charge is 0.133 e. The van der Waals surface area contributed by atoms with E-state index < -0.39 is 5.60 Å². The fourth-order valence-corrected chi connectivity index (χ4v) is 2.24. The van der Waals surface area contributed by atoms with Crippen molar-refractivity contribution in [2.75, 3.05) is 7.05 Å². The van der Waals surface area contributed by atoms with Crippen molar-refractivity contribution in [3.05, 3.63) is 36.1 Å². The van der Waals surface area contributed by atoms with E-state index >= 15 is 0 Å². The molecule has 2 unspecified atom stereocenters. The summed E-state index contributed by atoms with van der Waals surface area (Å²) < 4.78 is 5.31. The fourth-order valence-electron chi connectivity index (χ4n) is 2.24. The summed E-state index contributed by atoms with van der Waals surface area (Å²) in [5.74, 6) is 0. The van der Waals surface area contributed by atoms with Crippen LogP contribution in [0.4, 0.5) is 0 Å². The summed E-state index contributed by atoms with van der Waals surface area (Å²) in [7, 11) is 1.86. The van der Waals surface area contributed by atoms with Crippen molar-refractivity contribution in [1.29, 1.82) is 0 Å². The van der Waals surface area contributed by atoms with Crippen LogP contribution in [0, 0.1) is 0 Å². The average Bonchev–Trinajstić information content (AvgIpc) is 2.83. The van der Waals surface area contributed by atoms with Crippen LogP contribution in [0.2, 0.25) is 0 Å². The van der Waals surface area contributed by atoms with Crippen LogP contribution in [0.25, 0.3) is 11.0 Å². The third kappa shape index (κ3) is 1.96. The molecule has 0 radical (unpaired) electrons. The van der Waals surface area contributed by atoms with Gasteiger partial charge in [-0.2, -0.15) is 0 Å². The van der Waals surface area contributed by atoms with E-state index in [1.165, 1.54) is 0 Å². The van der Waals surface area contributed by atoms with Crippen molar-refractivity contribution >= 4 is 11.0 Å². The summed E-state index contributed by atoms with van der Waals surface area (Å²) in [6.07, 6.45) is 2.33. The Morgan fingerprint density at radius 3 is 2.82 bits per heavy atom. The normalized spacial score (nSPS) is 16.9. The molecular formula is C14H19NO2. The second-order valence-electron chi connectivity index (χ2n) is 4.46. The monoisotopic (exact) mass is 233 g/mol. The van der Waals surface area contributed by atoms with Gasteiger partial charge in [-0.1, -0.05) is 13.0 Å². The lowest BCUT2D eigenvalue weighted by molar-refractivity contribution is 0.00119. The minimum Gasteiger partial charge on any atom is -0.464 e. The van der Waals surface area contributed by atoms with Crippen molar-refractivity contribution in [3.8, 4) is 0 Å². The van der Waals surface area contributed by atoms with E-state index in [0.717, 1.165) is 16.5 Å². The van der Waals surface area contributed by atoms with Crippen LogP contribution in [-0.2, 0) is 5.60 Å². The number of hydrogen-bond acceptors (Lipinski definition) is 3. The van der Waals surface area contributed by atoms with Crippen molar-refractivity contribution in [1.82, 2.24) is 5.32 Å². The van der Waals surface area contributed by atoms with E-state index in [4.69, 9.17) is 4.42 Å². The van der Waals surface area contributed by atoms with E-state index in [1.54, 1.807) is 6.26 Å². The summed E-state index contributed by atoms with van der Waals surface area (Å²) in [5.41, 5.74) is 0.931. The molecule has 0 aliphatic heterocycles. The summed E-state index contributed by atoms with van der Waals surface area (Å²) in [6, 6.07) is 7.75. The maximum atomic E-state index is 10.8. The maximum Gasteiger partial charge on any atom is 0.133 e. The van der Waals surface area contributed by atoms with Crippen LogP contribution in [0.3, 0.4) is 0 Å². The predicted molar refractivity (Wildman–Crippen MR) is 68.9 cm³/mol. The second-order valence-corrected chi connectivity index (χ2v) is 4.46. The van der Waals surface area contributed by atoms with Gasteiger partial charge in [-0.15, -0.1) is 0 Å². The molecule has 1 aromatic heterocycles. The Morgan fingerprint density at radius 1 is 1.41 bits per heavy atom. The molecule has 2 N–H and O–H groups in total. The zero-order chi connectivity index (χ0) is 12.5. The van der Waals surface area contributed by atoms with Crippen LogP contribution in [0.1, 0.15) is 25.8 Å². The predicted octanol–water partition coefficient (Wildman–Crippen LogP) is 2.64. The van der Waals surface area contributed by atoms with Gasteiger partial charge in [-0.05, 0) is 44.2 Å². The van der Waals surface area contributed by atoms with Gasteiger partial charge in [0.15, 0.2) is 0 Å². The lowest BCUT2D eigenvalue weighted by Gasteiger charge is -2.33. The molecule has 92 valence electrons. The molecule has 3 nitrogen and oxygen atoms in total. The van der Waals surface area contributed by atoms with Crippen LogP contribution in [0.5, 0.6) is 0 Å².